The van der Waals surface area contributed by atoms with E-state index in [0.29, 0.717) is 12.6 Å². The van der Waals surface area contributed by atoms with Crippen LogP contribution in [0.3, 0.4) is 0 Å². The first-order chi connectivity index (χ1) is 12.6. The van der Waals surface area contributed by atoms with Crippen molar-refractivity contribution >= 4 is 36.0 Å². The van der Waals surface area contributed by atoms with Gasteiger partial charge in [-0.2, -0.15) is 5.10 Å². The zero-order valence-electron chi connectivity index (χ0n) is 16.6. The van der Waals surface area contributed by atoms with Crippen LogP contribution in [0.15, 0.2) is 17.4 Å². The fraction of sp³-hybridized carbons (Fsp3) is 0.722. The zero-order valence-corrected chi connectivity index (χ0v) is 18.9. The van der Waals surface area contributed by atoms with Gasteiger partial charge < -0.3 is 20.3 Å². The molecule has 1 fully saturated rings. The topological polar surface area (TPSA) is 83.8 Å². The Morgan fingerprint density at radius 2 is 2.11 bits per heavy atom. The molecule has 1 aliphatic rings. The van der Waals surface area contributed by atoms with Gasteiger partial charge in [0.25, 0.3) is 0 Å². The number of hydrogen-bond donors (Lipinski definition) is 2. The van der Waals surface area contributed by atoms with Crippen LogP contribution >= 0.6 is 24.0 Å². The number of nitrogens with one attached hydrogen (secondary N) is 2. The number of rotatable bonds is 7. The Hall–Kier alpha value is -1.52. The number of carbonyl (C=O) groups excluding carboxylic acids is 1. The lowest BCUT2D eigenvalue weighted by molar-refractivity contribution is 0.0963. The highest BCUT2D eigenvalue weighted by Crippen LogP contribution is 2.11. The molecule has 9 heteroatoms. The van der Waals surface area contributed by atoms with Crippen LogP contribution in [0, 0.1) is 0 Å². The molecule has 1 aliphatic heterocycles. The van der Waals surface area contributed by atoms with Gasteiger partial charge >= 0.3 is 6.09 Å². The molecule has 0 saturated carbocycles. The summed E-state index contributed by atoms with van der Waals surface area (Å²) in [4.78, 5) is 18.2. The number of halogens is 1. The maximum atomic E-state index is 11.8. The summed E-state index contributed by atoms with van der Waals surface area (Å²) in [5.41, 5.74) is 1.24. The molecule has 1 aromatic rings. The van der Waals surface area contributed by atoms with Crippen molar-refractivity contribution in [1.82, 2.24) is 25.3 Å². The number of hydrogen-bond acceptors (Lipinski definition) is 4. The van der Waals surface area contributed by atoms with E-state index in [1.807, 2.05) is 31.0 Å². The minimum Gasteiger partial charge on any atom is -0.450 e. The number of aryl methyl sites for hydroxylation is 2. The van der Waals surface area contributed by atoms with Gasteiger partial charge in [0.05, 0.1) is 12.8 Å². The molecule has 8 nitrogen and oxygen atoms in total. The normalized spacial score (nSPS) is 15.2. The molecule has 1 amide bonds. The smallest absolute Gasteiger partial charge is 0.409 e. The van der Waals surface area contributed by atoms with Crippen LogP contribution in [-0.4, -0.2) is 65.6 Å². The van der Waals surface area contributed by atoms with Crippen molar-refractivity contribution in [3.63, 3.8) is 0 Å². The summed E-state index contributed by atoms with van der Waals surface area (Å²) in [6.45, 7) is 7.36. The molecule has 154 valence electrons. The van der Waals surface area contributed by atoms with Crippen LogP contribution in [0.1, 0.15) is 38.7 Å². The largest absolute Gasteiger partial charge is 0.450 e. The lowest BCUT2D eigenvalue weighted by Crippen LogP contribution is -2.49. The number of amides is 1. The number of aromatic nitrogens is 2. The first kappa shape index (κ1) is 23.5. The second-order valence-corrected chi connectivity index (χ2v) is 6.49. The number of ether oxygens (including phenoxy) is 1. The minimum absolute atomic E-state index is 0. The van der Waals surface area contributed by atoms with Crippen LogP contribution in [0.5, 0.6) is 0 Å². The molecule has 0 unspecified atom stereocenters. The number of guanidine groups is 1. The Bertz CT molecular complexity index is 584. The Morgan fingerprint density at radius 1 is 1.37 bits per heavy atom. The van der Waals surface area contributed by atoms with Crippen molar-refractivity contribution < 1.29 is 9.53 Å². The molecule has 0 aliphatic carbocycles. The van der Waals surface area contributed by atoms with Gasteiger partial charge in [-0.3, -0.25) is 9.67 Å². The molecule has 1 saturated heterocycles. The van der Waals surface area contributed by atoms with E-state index in [0.717, 1.165) is 57.8 Å². The third-order valence-corrected chi connectivity index (χ3v) is 4.36. The number of likely N-dealkylation sites (tertiary alicyclic amines) is 1. The highest BCUT2D eigenvalue weighted by atomic mass is 127. The van der Waals surface area contributed by atoms with Gasteiger partial charge in [-0.25, -0.2) is 4.79 Å². The minimum atomic E-state index is -0.207. The predicted octanol–water partition coefficient (Wildman–Crippen LogP) is 2.15. The van der Waals surface area contributed by atoms with Gasteiger partial charge in [-0.15, -0.1) is 24.0 Å². The lowest BCUT2D eigenvalue weighted by atomic mass is 10.1. The van der Waals surface area contributed by atoms with E-state index in [-0.39, 0.29) is 30.1 Å². The average molecular weight is 492 g/mol. The van der Waals surface area contributed by atoms with Crippen LogP contribution in [0.25, 0.3) is 0 Å². The van der Waals surface area contributed by atoms with Crippen molar-refractivity contribution in [1.29, 1.82) is 0 Å². The maximum Gasteiger partial charge on any atom is 0.409 e. The number of carbonyl (C=O) groups is 1. The molecule has 0 spiro atoms. The highest BCUT2D eigenvalue weighted by molar-refractivity contribution is 14.0. The third-order valence-electron chi connectivity index (χ3n) is 4.36. The van der Waals surface area contributed by atoms with Crippen molar-refractivity contribution in [3.8, 4) is 0 Å². The summed E-state index contributed by atoms with van der Waals surface area (Å²) in [7, 11) is 1.93. The van der Waals surface area contributed by atoms with Gasteiger partial charge in [0.15, 0.2) is 5.96 Å². The fourth-order valence-corrected chi connectivity index (χ4v) is 3.01. The van der Waals surface area contributed by atoms with Crippen LogP contribution in [-0.2, 0) is 18.2 Å². The van der Waals surface area contributed by atoms with E-state index in [9.17, 15) is 4.79 Å². The quantitative estimate of drug-likeness (QED) is 0.264. The number of piperidine rings is 1. The van der Waals surface area contributed by atoms with Crippen molar-refractivity contribution in [3.05, 3.63) is 18.0 Å². The van der Waals surface area contributed by atoms with E-state index in [1.165, 1.54) is 5.56 Å². The third kappa shape index (κ3) is 8.35. The lowest BCUT2D eigenvalue weighted by Gasteiger charge is -2.32. The van der Waals surface area contributed by atoms with Gasteiger partial charge in [-0.05, 0) is 45.1 Å². The van der Waals surface area contributed by atoms with E-state index in [4.69, 9.17) is 4.74 Å². The molecular formula is C18H33IN6O2. The van der Waals surface area contributed by atoms with E-state index in [1.54, 1.807) is 4.90 Å². The van der Waals surface area contributed by atoms with Crippen LogP contribution in [0.4, 0.5) is 4.79 Å². The van der Waals surface area contributed by atoms with E-state index < -0.39 is 0 Å². The number of nitrogens with zero attached hydrogens (tertiary/aromatic N) is 4. The van der Waals surface area contributed by atoms with Gasteiger partial charge in [0.2, 0.25) is 0 Å². The van der Waals surface area contributed by atoms with Crippen molar-refractivity contribution in [2.45, 2.75) is 45.6 Å². The SMILES string of the molecule is CCNC(=NCCCc1cnn(C)c1)NC1CCN(C(=O)OCC)CC1.I. The summed E-state index contributed by atoms with van der Waals surface area (Å²) in [6, 6.07) is 0.330. The number of aliphatic imine (C=N–C) groups is 1. The predicted molar refractivity (Wildman–Crippen MR) is 118 cm³/mol. The molecule has 2 rings (SSSR count). The molecule has 1 aromatic heterocycles. The van der Waals surface area contributed by atoms with Crippen LogP contribution in [0.2, 0.25) is 0 Å². The summed E-state index contributed by atoms with van der Waals surface area (Å²) in [5.74, 6) is 0.855. The van der Waals surface area contributed by atoms with Crippen molar-refractivity contribution in [2.75, 3.05) is 32.8 Å². The molecule has 0 atom stereocenters. The summed E-state index contributed by atoms with van der Waals surface area (Å²) in [6.07, 6.45) is 7.52. The first-order valence-electron chi connectivity index (χ1n) is 9.56. The Balaban J connectivity index is 0.00000364. The van der Waals surface area contributed by atoms with Gasteiger partial charge in [-0.1, -0.05) is 0 Å². The molecule has 0 radical (unpaired) electrons. The summed E-state index contributed by atoms with van der Waals surface area (Å²) >= 11 is 0. The molecule has 27 heavy (non-hydrogen) atoms. The van der Waals surface area contributed by atoms with Gasteiger partial charge in [0.1, 0.15) is 0 Å². The molecule has 2 N–H and O–H groups in total. The summed E-state index contributed by atoms with van der Waals surface area (Å²) in [5, 5.41) is 11.0. The van der Waals surface area contributed by atoms with Gasteiger partial charge in [0, 0.05) is 45.5 Å². The van der Waals surface area contributed by atoms with Crippen LogP contribution < -0.4 is 10.6 Å². The average Bonchev–Trinajstić information content (AvgIpc) is 3.05. The standard InChI is InChI=1S/C18H32N6O2.HI/c1-4-19-17(20-10-6-7-15-13-21-23(3)14-15)22-16-8-11-24(12-9-16)18(25)26-5-2;/h13-14,16H,4-12H2,1-3H3,(H2,19,20,22);1H. The van der Waals surface area contributed by atoms with Crippen molar-refractivity contribution in [2.24, 2.45) is 12.0 Å². The molecule has 0 bridgehead atoms. The Labute approximate surface area is 179 Å². The fourth-order valence-electron chi connectivity index (χ4n) is 3.01. The van der Waals surface area contributed by atoms with E-state index in [2.05, 4.69) is 27.6 Å². The highest BCUT2D eigenvalue weighted by Gasteiger charge is 2.23. The molecule has 0 aromatic carbocycles. The zero-order chi connectivity index (χ0) is 18.8. The second kappa shape index (κ2) is 12.8. The Kier molecular flexibility index (Phi) is 11.1. The summed E-state index contributed by atoms with van der Waals surface area (Å²) < 4.78 is 6.89. The Morgan fingerprint density at radius 3 is 2.70 bits per heavy atom. The molecular weight excluding hydrogens is 459 g/mol. The first-order valence-corrected chi connectivity index (χ1v) is 9.56. The maximum absolute atomic E-state index is 11.8. The second-order valence-electron chi connectivity index (χ2n) is 6.49. The monoisotopic (exact) mass is 492 g/mol. The molecule has 2 heterocycles. The van der Waals surface area contributed by atoms with E-state index >= 15 is 0 Å².